The number of halogens is 1. The van der Waals surface area contributed by atoms with Crippen LogP contribution in [-0.2, 0) is 4.74 Å². The smallest absolute Gasteiger partial charge is 0.133 e. The molecule has 0 aromatic carbocycles. The van der Waals surface area contributed by atoms with E-state index in [2.05, 4.69) is 37.5 Å². The maximum absolute atomic E-state index is 9.29. The van der Waals surface area contributed by atoms with Crippen LogP contribution in [0.5, 0.6) is 0 Å². The third-order valence-electron chi connectivity index (χ3n) is 2.53. The van der Waals surface area contributed by atoms with Crippen LogP contribution < -0.4 is 4.90 Å². The van der Waals surface area contributed by atoms with Gasteiger partial charge in [-0.2, -0.15) is 0 Å². The molecule has 1 saturated heterocycles. The molecule has 1 aliphatic heterocycles. The quantitative estimate of drug-likeness (QED) is 0.633. The Labute approximate surface area is 108 Å². The number of anilines is 1. The third kappa shape index (κ3) is 2.61. The van der Waals surface area contributed by atoms with Crippen molar-refractivity contribution in [3.63, 3.8) is 0 Å². The molecule has 1 aromatic heterocycles. The summed E-state index contributed by atoms with van der Waals surface area (Å²) in [5, 5.41) is 9.29. The predicted molar refractivity (Wildman–Crippen MR) is 68.5 cm³/mol. The zero-order valence-corrected chi connectivity index (χ0v) is 11.2. The van der Waals surface area contributed by atoms with Crippen LogP contribution in [0.2, 0.25) is 0 Å². The molecule has 0 radical (unpaired) electrons. The van der Waals surface area contributed by atoms with Crippen molar-refractivity contribution in [2.75, 3.05) is 31.3 Å². The van der Waals surface area contributed by atoms with Crippen LogP contribution in [0.4, 0.5) is 5.82 Å². The number of hydrogen-bond donors (Lipinski definition) is 1. The van der Waals surface area contributed by atoms with Crippen molar-refractivity contribution in [2.24, 2.45) is 0 Å². The van der Waals surface area contributed by atoms with Gasteiger partial charge in [0.05, 0.1) is 25.9 Å². The molecule has 1 atom stereocenters. The molecule has 5 nitrogen and oxygen atoms in total. The largest absolute Gasteiger partial charge is 0.394 e. The lowest BCUT2D eigenvalue weighted by molar-refractivity contribution is 0.0722. The number of aliphatic hydroxyl groups is 1. The molecule has 0 aliphatic carbocycles. The second-order valence-electron chi connectivity index (χ2n) is 3.70. The van der Waals surface area contributed by atoms with E-state index in [0.717, 1.165) is 21.9 Å². The van der Waals surface area contributed by atoms with Crippen LogP contribution in [0.15, 0.2) is 6.07 Å². The maximum Gasteiger partial charge on any atom is 0.133 e. The first kappa shape index (κ1) is 12.0. The van der Waals surface area contributed by atoms with Crippen molar-refractivity contribution in [2.45, 2.75) is 13.0 Å². The zero-order valence-electron chi connectivity index (χ0n) is 9.06. The molecule has 2 rings (SSSR count). The molecule has 16 heavy (non-hydrogen) atoms. The molecule has 0 spiro atoms. The van der Waals surface area contributed by atoms with E-state index >= 15 is 0 Å². The molecule has 0 saturated carbocycles. The summed E-state index contributed by atoms with van der Waals surface area (Å²) in [5.41, 5.74) is 0. The number of nitrogens with zero attached hydrogens (tertiary/aromatic N) is 3. The van der Waals surface area contributed by atoms with Crippen LogP contribution in [0.1, 0.15) is 5.82 Å². The van der Waals surface area contributed by atoms with Gasteiger partial charge in [0, 0.05) is 12.6 Å². The molecule has 1 fully saturated rings. The molecule has 1 N–H and O–H groups in total. The number of hydrogen-bond acceptors (Lipinski definition) is 5. The number of aromatic nitrogens is 2. The fraction of sp³-hybridized carbons (Fsp3) is 0.600. The molecule has 1 unspecified atom stereocenters. The molecule has 1 aromatic rings. The molecule has 2 heterocycles. The van der Waals surface area contributed by atoms with E-state index in [-0.39, 0.29) is 12.6 Å². The first-order valence-electron chi connectivity index (χ1n) is 5.17. The van der Waals surface area contributed by atoms with Crippen molar-refractivity contribution in [3.8, 4) is 0 Å². The van der Waals surface area contributed by atoms with E-state index < -0.39 is 0 Å². The highest BCUT2D eigenvalue weighted by molar-refractivity contribution is 14.1. The number of rotatable bonds is 2. The average Bonchev–Trinajstić information content (AvgIpc) is 2.27. The minimum absolute atomic E-state index is 0.00106. The predicted octanol–water partition coefficient (Wildman–Crippen LogP) is 0.587. The van der Waals surface area contributed by atoms with E-state index in [1.54, 1.807) is 0 Å². The summed E-state index contributed by atoms with van der Waals surface area (Å²) in [7, 11) is 0. The van der Waals surface area contributed by atoms with E-state index in [1.165, 1.54) is 0 Å². The average molecular weight is 335 g/mol. The fourth-order valence-corrected chi connectivity index (χ4v) is 2.40. The second kappa shape index (κ2) is 5.24. The fourth-order valence-electron chi connectivity index (χ4n) is 1.77. The van der Waals surface area contributed by atoms with E-state index in [1.807, 2.05) is 13.0 Å². The molecule has 1 aliphatic rings. The molecular formula is C10H14IN3O2. The minimum atomic E-state index is -0.00106. The number of ether oxygens (including phenoxy) is 1. The number of aliphatic hydroxyl groups excluding tert-OH is 1. The first-order valence-corrected chi connectivity index (χ1v) is 6.25. The Morgan fingerprint density at radius 3 is 3.12 bits per heavy atom. The van der Waals surface area contributed by atoms with Crippen LogP contribution >= 0.6 is 22.6 Å². The minimum Gasteiger partial charge on any atom is -0.394 e. The third-order valence-corrected chi connectivity index (χ3v) is 3.08. The molecule has 88 valence electrons. The van der Waals surface area contributed by atoms with Gasteiger partial charge in [0.2, 0.25) is 0 Å². The van der Waals surface area contributed by atoms with Gasteiger partial charge in [0.1, 0.15) is 15.3 Å². The molecule has 0 bridgehead atoms. The Hall–Kier alpha value is -0.470. The topological polar surface area (TPSA) is 58.5 Å². The van der Waals surface area contributed by atoms with Gasteiger partial charge >= 0.3 is 0 Å². The van der Waals surface area contributed by atoms with Crippen LogP contribution in [0, 0.1) is 10.6 Å². The van der Waals surface area contributed by atoms with Gasteiger partial charge in [0.15, 0.2) is 0 Å². The van der Waals surface area contributed by atoms with Gasteiger partial charge in [-0.3, -0.25) is 0 Å². The van der Waals surface area contributed by atoms with Gasteiger partial charge in [-0.1, -0.05) is 0 Å². The normalized spacial score (nSPS) is 21.2. The standard InChI is InChI=1S/C10H14IN3O2/c1-7-12-9(11)4-10(13-7)14-2-3-16-6-8(14)5-15/h4,8,15H,2-3,5-6H2,1H3. The van der Waals surface area contributed by atoms with Crippen molar-refractivity contribution >= 4 is 28.4 Å². The van der Waals surface area contributed by atoms with Crippen LogP contribution in [-0.4, -0.2) is 47.5 Å². The summed E-state index contributed by atoms with van der Waals surface area (Å²) in [6, 6.07) is 1.93. The zero-order chi connectivity index (χ0) is 11.5. The molecule has 0 amide bonds. The van der Waals surface area contributed by atoms with Crippen molar-refractivity contribution < 1.29 is 9.84 Å². The summed E-state index contributed by atoms with van der Waals surface area (Å²) >= 11 is 2.17. The van der Waals surface area contributed by atoms with E-state index in [9.17, 15) is 5.11 Å². The summed E-state index contributed by atoms with van der Waals surface area (Å²) in [6.45, 7) is 3.95. The van der Waals surface area contributed by atoms with E-state index in [0.29, 0.717) is 13.2 Å². The Balaban J connectivity index is 2.26. The van der Waals surface area contributed by atoms with Crippen LogP contribution in [0.25, 0.3) is 0 Å². The second-order valence-corrected chi connectivity index (χ2v) is 4.81. The summed E-state index contributed by atoms with van der Waals surface area (Å²) in [6.07, 6.45) is 0. The molecule has 6 heteroatoms. The van der Waals surface area contributed by atoms with Crippen molar-refractivity contribution in [1.29, 1.82) is 0 Å². The van der Waals surface area contributed by atoms with Gasteiger partial charge in [-0.05, 0) is 29.5 Å². The van der Waals surface area contributed by atoms with Crippen molar-refractivity contribution in [1.82, 2.24) is 9.97 Å². The summed E-state index contributed by atoms with van der Waals surface area (Å²) in [5.74, 6) is 1.63. The van der Waals surface area contributed by atoms with Gasteiger partial charge < -0.3 is 14.7 Å². The van der Waals surface area contributed by atoms with Gasteiger partial charge in [-0.15, -0.1) is 0 Å². The Morgan fingerprint density at radius 1 is 1.62 bits per heavy atom. The summed E-state index contributed by atoms with van der Waals surface area (Å²) in [4.78, 5) is 10.7. The number of aryl methyl sites for hydroxylation is 1. The van der Waals surface area contributed by atoms with Crippen LogP contribution in [0.3, 0.4) is 0 Å². The lowest BCUT2D eigenvalue weighted by atomic mass is 10.2. The Kier molecular flexibility index (Phi) is 3.93. The lowest BCUT2D eigenvalue weighted by Gasteiger charge is -2.35. The molecular weight excluding hydrogens is 321 g/mol. The summed E-state index contributed by atoms with van der Waals surface area (Å²) < 4.78 is 6.26. The SMILES string of the molecule is Cc1nc(I)cc(N2CCOCC2CO)n1. The lowest BCUT2D eigenvalue weighted by Crippen LogP contribution is -2.48. The monoisotopic (exact) mass is 335 g/mol. The highest BCUT2D eigenvalue weighted by atomic mass is 127. The van der Waals surface area contributed by atoms with Gasteiger partial charge in [0.25, 0.3) is 0 Å². The first-order chi connectivity index (χ1) is 7.70. The number of morpholine rings is 1. The van der Waals surface area contributed by atoms with Gasteiger partial charge in [-0.25, -0.2) is 9.97 Å². The maximum atomic E-state index is 9.29. The highest BCUT2D eigenvalue weighted by Gasteiger charge is 2.23. The Morgan fingerprint density at radius 2 is 2.44 bits per heavy atom. The highest BCUT2D eigenvalue weighted by Crippen LogP contribution is 2.18. The van der Waals surface area contributed by atoms with E-state index in [4.69, 9.17) is 4.74 Å². The Bertz CT molecular complexity index is 355. The van der Waals surface area contributed by atoms with Crippen molar-refractivity contribution in [3.05, 3.63) is 15.6 Å².